The molecule has 0 saturated heterocycles. The molecule has 1 aromatic carbocycles. The maximum atomic E-state index is 12.1. The number of nitrogens with one attached hydrogen (secondary N) is 1. The van der Waals surface area contributed by atoms with E-state index < -0.39 is 0 Å². The van der Waals surface area contributed by atoms with Crippen molar-refractivity contribution in [1.29, 1.82) is 0 Å². The zero-order chi connectivity index (χ0) is 14.7. The summed E-state index contributed by atoms with van der Waals surface area (Å²) in [4.78, 5) is 16.4. The number of benzene rings is 1. The van der Waals surface area contributed by atoms with Crippen LogP contribution in [0.1, 0.15) is 26.6 Å². The molecule has 1 amide bonds. The van der Waals surface area contributed by atoms with Crippen LogP contribution >= 0.6 is 0 Å². The third-order valence-corrected chi connectivity index (χ3v) is 3.57. The summed E-state index contributed by atoms with van der Waals surface area (Å²) in [6.45, 7) is 6.12. The Morgan fingerprint density at radius 3 is 2.70 bits per heavy atom. The highest BCUT2D eigenvalue weighted by Gasteiger charge is 2.15. The molecule has 0 aliphatic rings. The molecule has 0 aliphatic heterocycles. The van der Waals surface area contributed by atoms with E-state index in [1.807, 2.05) is 31.2 Å². The maximum Gasteiger partial charge on any atom is 0.240 e. The Labute approximate surface area is 118 Å². The molecule has 2 aromatic rings. The summed E-state index contributed by atoms with van der Waals surface area (Å²) in [6.07, 6.45) is 0. The highest BCUT2D eigenvalue weighted by atomic mass is 16.3. The van der Waals surface area contributed by atoms with Gasteiger partial charge < -0.3 is 15.0 Å². The van der Waals surface area contributed by atoms with Crippen LogP contribution in [-0.4, -0.2) is 26.6 Å². The fraction of sp³-hybridized carbons (Fsp3) is 0.467. The lowest BCUT2D eigenvalue weighted by atomic mass is 10.1. The van der Waals surface area contributed by atoms with Crippen molar-refractivity contribution >= 4 is 16.9 Å². The van der Waals surface area contributed by atoms with Gasteiger partial charge in [0.05, 0.1) is 11.0 Å². The van der Waals surface area contributed by atoms with Gasteiger partial charge in [-0.1, -0.05) is 26.0 Å². The van der Waals surface area contributed by atoms with Crippen LogP contribution in [0.5, 0.6) is 0 Å². The average molecular weight is 275 g/mol. The molecule has 0 fully saturated rings. The molecule has 0 spiro atoms. The molecule has 20 heavy (non-hydrogen) atoms. The van der Waals surface area contributed by atoms with Gasteiger partial charge in [0.25, 0.3) is 0 Å². The van der Waals surface area contributed by atoms with Crippen molar-refractivity contribution < 1.29 is 9.90 Å². The van der Waals surface area contributed by atoms with E-state index in [4.69, 9.17) is 0 Å². The first-order valence-electron chi connectivity index (χ1n) is 6.87. The first kappa shape index (κ1) is 14.5. The van der Waals surface area contributed by atoms with Gasteiger partial charge in [-0.15, -0.1) is 0 Å². The number of aliphatic hydroxyl groups excluding tert-OH is 1. The van der Waals surface area contributed by atoms with Crippen molar-refractivity contribution in [1.82, 2.24) is 14.9 Å². The second kappa shape index (κ2) is 6.05. The van der Waals surface area contributed by atoms with Crippen LogP contribution in [-0.2, 0) is 17.9 Å². The number of nitrogens with zero attached hydrogens (tertiary/aromatic N) is 2. The van der Waals surface area contributed by atoms with Gasteiger partial charge in [-0.2, -0.15) is 0 Å². The van der Waals surface area contributed by atoms with E-state index in [1.54, 1.807) is 4.57 Å². The molecular weight excluding hydrogens is 254 g/mol. The van der Waals surface area contributed by atoms with Crippen molar-refractivity contribution in [2.24, 2.45) is 5.92 Å². The maximum absolute atomic E-state index is 12.1. The van der Waals surface area contributed by atoms with Crippen molar-refractivity contribution in [3.63, 3.8) is 0 Å². The number of hydrogen-bond acceptors (Lipinski definition) is 3. The molecule has 108 valence electrons. The number of imidazole rings is 1. The molecule has 1 unspecified atom stereocenters. The highest BCUT2D eigenvalue weighted by Crippen LogP contribution is 2.16. The van der Waals surface area contributed by atoms with E-state index in [0.717, 1.165) is 11.0 Å². The Morgan fingerprint density at radius 2 is 2.05 bits per heavy atom. The van der Waals surface area contributed by atoms with Crippen LogP contribution in [0, 0.1) is 5.92 Å². The number of rotatable bonds is 5. The van der Waals surface area contributed by atoms with Crippen LogP contribution in [0.15, 0.2) is 24.3 Å². The molecular formula is C15H21N3O2. The number of amides is 1. The standard InChI is InChI=1S/C15H21N3O2/c1-10(2)11(3)16-15(20)8-18-13-7-5-4-6-12(13)17-14(18)9-19/h4-7,10-11,19H,8-9H2,1-3H3,(H,16,20). The molecule has 1 heterocycles. The van der Waals surface area contributed by atoms with E-state index in [2.05, 4.69) is 24.1 Å². The number of carbonyl (C=O) groups is 1. The normalized spacial score (nSPS) is 12.8. The SMILES string of the molecule is CC(C)C(C)NC(=O)Cn1c(CO)nc2ccccc21. The smallest absolute Gasteiger partial charge is 0.240 e. The Kier molecular flexibility index (Phi) is 4.39. The van der Waals surface area contributed by atoms with Crippen molar-refractivity contribution in [2.75, 3.05) is 0 Å². The molecule has 0 bridgehead atoms. The Hall–Kier alpha value is -1.88. The van der Waals surface area contributed by atoms with Gasteiger partial charge in [0.2, 0.25) is 5.91 Å². The summed E-state index contributed by atoms with van der Waals surface area (Å²) in [5.74, 6) is 0.832. The lowest BCUT2D eigenvalue weighted by Crippen LogP contribution is -2.38. The molecule has 0 saturated carbocycles. The van der Waals surface area contributed by atoms with Gasteiger partial charge in [0.15, 0.2) is 0 Å². The number of aromatic nitrogens is 2. The summed E-state index contributed by atoms with van der Waals surface area (Å²) in [6, 6.07) is 7.69. The number of aliphatic hydroxyl groups is 1. The van der Waals surface area contributed by atoms with Crippen molar-refractivity contribution in [3.8, 4) is 0 Å². The molecule has 0 aliphatic carbocycles. The van der Waals surface area contributed by atoms with Crippen molar-refractivity contribution in [3.05, 3.63) is 30.1 Å². The lowest BCUT2D eigenvalue weighted by molar-refractivity contribution is -0.122. The monoisotopic (exact) mass is 275 g/mol. The average Bonchev–Trinajstić information content (AvgIpc) is 2.76. The summed E-state index contributed by atoms with van der Waals surface area (Å²) in [5, 5.41) is 12.4. The Bertz CT molecular complexity index is 604. The summed E-state index contributed by atoms with van der Waals surface area (Å²) in [5.41, 5.74) is 1.66. The first-order chi connectivity index (χ1) is 9.52. The minimum Gasteiger partial charge on any atom is -0.388 e. The zero-order valence-electron chi connectivity index (χ0n) is 12.1. The molecule has 1 aromatic heterocycles. The van der Waals surface area contributed by atoms with Crippen LogP contribution < -0.4 is 5.32 Å². The fourth-order valence-corrected chi connectivity index (χ4v) is 2.03. The lowest BCUT2D eigenvalue weighted by Gasteiger charge is -2.18. The second-order valence-electron chi connectivity index (χ2n) is 5.36. The summed E-state index contributed by atoms with van der Waals surface area (Å²) >= 11 is 0. The summed E-state index contributed by atoms with van der Waals surface area (Å²) < 4.78 is 1.76. The molecule has 2 rings (SSSR count). The number of fused-ring (bicyclic) bond motifs is 1. The van der Waals surface area contributed by atoms with E-state index in [0.29, 0.717) is 11.7 Å². The zero-order valence-corrected chi connectivity index (χ0v) is 12.1. The second-order valence-corrected chi connectivity index (χ2v) is 5.36. The van der Waals surface area contributed by atoms with Gasteiger partial charge in [-0.05, 0) is 25.0 Å². The van der Waals surface area contributed by atoms with Gasteiger partial charge >= 0.3 is 0 Å². The Morgan fingerprint density at radius 1 is 1.35 bits per heavy atom. The molecule has 0 radical (unpaired) electrons. The quantitative estimate of drug-likeness (QED) is 0.872. The number of hydrogen-bond donors (Lipinski definition) is 2. The fourth-order valence-electron chi connectivity index (χ4n) is 2.03. The summed E-state index contributed by atoms with van der Waals surface area (Å²) in [7, 11) is 0. The molecule has 1 atom stereocenters. The van der Waals surface area contributed by atoms with Crippen molar-refractivity contribution in [2.45, 2.75) is 40.0 Å². The van der Waals surface area contributed by atoms with Crippen LogP contribution in [0.25, 0.3) is 11.0 Å². The van der Waals surface area contributed by atoms with Crippen LogP contribution in [0.2, 0.25) is 0 Å². The molecule has 5 nitrogen and oxygen atoms in total. The van der Waals surface area contributed by atoms with E-state index in [1.165, 1.54) is 0 Å². The third-order valence-electron chi connectivity index (χ3n) is 3.57. The predicted octanol–water partition coefficient (Wildman–Crippen LogP) is 1.69. The minimum atomic E-state index is -0.179. The predicted molar refractivity (Wildman–Crippen MR) is 78.1 cm³/mol. The third kappa shape index (κ3) is 2.99. The highest BCUT2D eigenvalue weighted by molar-refractivity contribution is 5.81. The van der Waals surface area contributed by atoms with Gasteiger partial charge in [-0.25, -0.2) is 4.98 Å². The molecule has 5 heteroatoms. The van der Waals surface area contributed by atoms with E-state index in [-0.39, 0.29) is 25.1 Å². The van der Waals surface area contributed by atoms with Crippen LogP contribution in [0.4, 0.5) is 0 Å². The van der Waals surface area contributed by atoms with E-state index in [9.17, 15) is 9.90 Å². The number of carbonyl (C=O) groups excluding carboxylic acids is 1. The van der Waals surface area contributed by atoms with E-state index >= 15 is 0 Å². The first-order valence-corrected chi connectivity index (χ1v) is 6.87. The van der Waals surface area contributed by atoms with Gasteiger partial charge in [0.1, 0.15) is 19.0 Å². The van der Waals surface area contributed by atoms with Gasteiger partial charge in [0, 0.05) is 6.04 Å². The Balaban J connectivity index is 2.22. The minimum absolute atomic E-state index is 0.0657. The molecule has 2 N–H and O–H groups in total. The van der Waals surface area contributed by atoms with Gasteiger partial charge in [-0.3, -0.25) is 4.79 Å². The largest absolute Gasteiger partial charge is 0.388 e. The number of para-hydroxylation sites is 2. The topological polar surface area (TPSA) is 67.2 Å². The van der Waals surface area contributed by atoms with Crippen LogP contribution in [0.3, 0.4) is 0 Å².